The third kappa shape index (κ3) is 3.50. The maximum Gasteiger partial charge on any atom is 0.234 e. The van der Waals surface area contributed by atoms with Crippen LogP contribution in [0, 0.1) is 0 Å². The summed E-state index contributed by atoms with van der Waals surface area (Å²) in [6, 6.07) is 16.6. The van der Waals surface area contributed by atoms with E-state index in [2.05, 4.69) is 58.5 Å². The number of nitrogens with one attached hydrogen (secondary N) is 2. The van der Waals surface area contributed by atoms with Crippen molar-refractivity contribution in [2.24, 2.45) is 0 Å². The predicted octanol–water partition coefficient (Wildman–Crippen LogP) is 3.65. The van der Waals surface area contributed by atoms with Crippen molar-refractivity contribution in [1.29, 1.82) is 0 Å². The molecule has 0 spiro atoms. The predicted molar refractivity (Wildman–Crippen MR) is 112 cm³/mol. The van der Waals surface area contributed by atoms with Gasteiger partial charge in [0.25, 0.3) is 0 Å². The molecule has 0 unspecified atom stereocenters. The lowest BCUT2D eigenvalue weighted by atomic mass is 9.92. The quantitative estimate of drug-likeness (QED) is 0.689. The topological polar surface area (TPSA) is 57.4 Å². The molecule has 2 aromatic carbocycles. The summed E-state index contributed by atoms with van der Waals surface area (Å²) < 4.78 is 5.32. The van der Waals surface area contributed by atoms with E-state index in [0.717, 1.165) is 42.8 Å². The van der Waals surface area contributed by atoms with Crippen LogP contribution in [-0.2, 0) is 11.2 Å². The number of methoxy groups -OCH3 is 1. The number of aromatic amines is 1. The van der Waals surface area contributed by atoms with Gasteiger partial charge in [-0.15, -0.1) is 0 Å². The Morgan fingerprint density at radius 3 is 2.75 bits per heavy atom. The summed E-state index contributed by atoms with van der Waals surface area (Å²) in [5.41, 5.74) is 4.88. The summed E-state index contributed by atoms with van der Waals surface area (Å²) in [4.78, 5) is 18.4. The fraction of sp³-hybridized carbons (Fsp3) is 0.348. The maximum atomic E-state index is 12.4. The second-order valence-electron chi connectivity index (χ2n) is 7.31. The first kappa shape index (κ1) is 18.6. The van der Waals surface area contributed by atoms with Gasteiger partial charge in [-0.3, -0.25) is 9.69 Å². The standard InChI is InChI=1S/C23H27N3O2/c1-3-13-24-21(27)15-26-14-12-19-18-6-4-5-7-20(18)25-22(19)23(26)16-8-10-17(28-2)11-9-16/h4-11,23,25H,3,12-15H2,1-2H3,(H,24,27)/t23-/m1/s1. The van der Waals surface area contributed by atoms with Crippen LogP contribution in [0.25, 0.3) is 10.9 Å². The van der Waals surface area contributed by atoms with Crippen molar-refractivity contribution in [2.45, 2.75) is 25.8 Å². The fourth-order valence-corrected chi connectivity index (χ4v) is 4.13. The third-order valence-electron chi connectivity index (χ3n) is 5.48. The van der Waals surface area contributed by atoms with E-state index in [1.165, 1.54) is 16.6 Å². The zero-order chi connectivity index (χ0) is 19.5. The summed E-state index contributed by atoms with van der Waals surface area (Å²) in [5.74, 6) is 0.920. The average molecular weight is 377 g/mol. The molecular weight excluding hydrogens is 350 g/mol. The number of ether oxygens (including phenoxy) is 1. The SMILES string of the molecule is CCCNC(=O)CN1CCc2c([nH]c3ccccc23)[C@H]1c1ccc(OC)cc1. The van der Waals surface area contributed by atoms with Crippen LogP contribution in [-0.4, -0.2) is 42.5 Å². The molecule has 5 nitrogen and oxygen atoms in total. The van der Waals surface area contributed by atoms with Gasteiger partial charge in [-0.05, 0) is 42.2 Å². The van der Waals surface area contributed by atoms with Crippen molar-refractivity contribution in [3.63, 3.8) is 0 Å². The van der Waals surface area contributed by atoms with E-state index in [4.69, 9.17) is 4.74 Å². The molecule has 5 heteroatoms. The molecule has 4 rings (SSSR count). The Hall–Kier alpha value is -2.79. The molecule has 2 N–H and O–H groups in total. The molecule has 3 aromatic rings. The number of hydrogen-bond acceptors (Lipinski definition) is 3. The van der Waals surface area contributed by atoms with E-state index in [9.17, 15) is 4.79 Å². The Kier molecular flexibility index (Phi) is 5.35. The molecule has 1 aliphatic rings. The van der Waals surface area contributed by atoms with Crippen LogP contribution in [0.3, 0.4) is 0 Å². The molecule has 146 valence electrons. The lowest BCUT2D eigenvalue weighted by Crippen LogP contribution is -2.43. The molecule has 0 fully saturated rings. The van der Waals surface area contributed by atoms with Crippen LogP contribution in [0.15, 0.2) is 48.5 Å². The summed E-state index contributed by atoms with van der Waals surface area (Å²) in [6.07, 6.45) is 1.88. The van der Waals surface area contributed by atoms with Crippen LogP contribution < -0.4 is 10.1 Å². The number of fused-ring (bicyclic) bond motifs is 3. The number of carbonyl (C=O) groups is 1. The van der Waals surface area contributed by atoms with Gasteiger partial charge in [-0.2, -0.15) is 0 Å². The number of para-hydroxylation sites is 1. The van der Waals surface area contributed by atoms with E-state index in [-0.39, 0.29) is 11.9 Å². The molecule has 1 aliphatic heterocycles. The first-order valence-corrected chi connectivity index (χ1v) is 9.95. The number of nitrogens with zero attached hydrogens (tertiary/aromatic N) is 1. The zero-order valence-corrected chi connectivity index (χ0v) is 16.5. The maximum absolute atomic E-state index is 12.4. The number of hydrogen-bond donors (Lipinski definition) is 2. The molecule has 0 saturated heterocycles. The molecule has 2 heterocycles. The smallest absolute Gasteiger partial charge is 0.234 e. The molecular formula is C23H27N3O2. The molecule has 0 saturated carbocycles. The number of benzene rings is 2. The van der Waals surface area contributed by atoms with Gasteiger partial charge < -0.3 is 15.0 Å². The van der Waals surface area contributed by atoms with E-state index in [1.54, 1.807) is 7.11 Å². The number of carbonyl (C=O) groups excluding carboxylic acids is 1. The first-order chi connectivity index (χ1) is 13.7. The van der Waals surface area contributed by atoms with Gasteiger partial charge in [0.1, 0.15) is 5.75 Å². The molecule has 0 aliphatic carbocycles. The third-order valence-corrected chi connectivity index (χ3v) is 5.48. The summed E-state index contributed by atoms with van der Waals surface area (Å²) in [5, 5.41) is 4.29. The Balaban J connectivity index is 1.73. The lowest BCUT2D eigenvalue weighted by Gasteiger charge is -2.35. The minimum atomic E-state index is 0.0226. The molecule has 0 bridgehead atoms. The van der Waals surface area contributed by atoms with Gasteiger partial charge in [0, 0.05) is 29.7 Å². The highest BCUT2D eigenvalue weighted by atomic mass is 16.5. The van der Waals surface area contributed by atoms with Crippen LogP contribution >= 0.6 is 0 Å². The van der Waals surface area contributed by atoms with Crippen molar-refractivity contribution in [3.8, 4) is 5.75 Å². The second-order valence-corrected chi connectivity index (χ2v) is 7.31. The van der Waals surface area contributed by atoms with Crippen molar-refractivity contribution < 1.29 is 9.53 Å². The van der Waals surface area contributed by atoms with Gasteiger partial charge >= 0.3 is 0 Å². The monoisotopic (exact) mass is 377 g/mol. The minimum Gasteiger partial charge on any atom is -0.497 e. The zero-order valence-electron chi connectivity index (χ0n) is 16.5. The van der Waals surface area contributed by atoms with Crippen LogP contribution in [0.4, 0.5) is 0 Å². The summed E-state index contributed by atoms with van der Waals surface area (Å²) in [6.45, 7) is 4.03. The van der Waals surface area contributed by atoms with Crippen molar-refractivity contribution in [3.05, 3.63) is 65.4 Å². The van der Waals surface area contributed by atoms with Gasteiger partial charge in [0.15, 0.2) is 0 Å². The summed E-state index contributed by atoms with van der Waals surface area (Å²) >= 11 is 0. The normalized spacial score (nSPS) is 16.7. The number of amides is 1. The molecule has 0 radical (unpaired) electrons. The number of rotatable bonds is 6. The largest absolute Gasteiger partial charge is 0.497 e. The van der Waals surface area contributed by atoms with Crippen molar-refractivity contribution in [1.82, 2.24) is 15.2 Å². The van der Waals surface area contributed by atoms with E-state index < -0.39 is 0 Å². The number of aromatic nitrogens is 1. The molecule has 1 atom stereocenters. The Morgan fingerprint density at radius 1 is 1.21 bits per heavy atom. The Labute approximate surface area is 165 Å². The van der Waals surface area contributed by atoms with Crippen LogP contribution in [0.1, 0.15) is 36.2 Å². The van der Waals surface area contributed by atoms with Crippen LogP contribution in [0.2, 0.25) is 0 Å². The van der Waals surface area contributed by atoms with E-state index in [1.807, 2.05) is 12.1 Å². The highest BCUT2D eigenvalue weighted by molar-refractivity contribution is 5.85. The summed E-state index contributed by atoms with van der Waals surface area (Å²) in [7, 11) is 1.68. The van der Waals surface area contributed by atoms with Gasteiger partial charge in [-0.25, -0.2) is 0 Å². The highest BCUT2D eigenvalue weighted by Crippen LogP contribution is 2.38. The van der Waals surface area contributed by atoms with Crippen molar-refractivity contribution >= 4 is 16.8 Å². The van der Waals surface area contributed by atoms with Gasteiger partial charge in [0.05, 0.1) is 19.7 Å². The average Bonchev–Trinajstić information content (AvgIpc) is 3.11. The van der Waals surface area contributed by atoms with E-state index >= 15 is 0 Å². The van der Waals surface area contributed by atoms with Crippen molar-refractivity contribution in [2.75, 3.05) is 26.7 Å². The lowest BCUT2D eigenvalue weighted by molar-refractivity contribution is -0.122. The van der Waals surface area contributed by atoms with Gasteiger partial charge in [-0.1, -0.05) is 37.3 Å². The first-order valence-electron chi connectivity index (χ1n) is 9.95. The highest BCUT2D eigenvalue weighted by Gasteiger charge is 2.32. The second kappa shape index (κ2) is 8.07. The molecule has 1 aromatic heterocycles. The Morgan fingerprint density at radius 2 is 2.00 bits per heavy atom. The molecule has 28 heavy (non-hydrogen) atoms. The molecule has 1 amide bonds. The fourth-order valence-electron chi connectivity index (χ4n) is 4.13. The van der Waals surface area contributed by atoms with Gasteiger partial charge in [0.2, 0.25) is 5.91 Å². The Bertz CT molecular complexity index is 962. The van der Waals surface area contributed by atoms with E-state index in [0.29, 0.717) is 6.54 Å². The number of H-pyrrole nitrogens is 1. The minimum absolute atomic E-state index is 0.0226. The van der Waals surface area contributed by atoms with Crippen LogP contribution in [0.5, 0.6) is 5.75 Å².